The van der Waals surface area contributed by atoms with E-state index in [9.17, 15) is 0 Å². The van der Waals surface area contributed by atoms with E-state index in [0.717, 1.165) is 27.2 Å². The highest BCUT2D eigenvalue weighted by atomic mass is 79.9. The molecule has 2 heterocycles. The second-order valence-corrected chi connectivity index (χ2v) is 4.56. The molecule has 0 aliphatic rings. The molecule has 0 amide bonds. The number of nitrogens with zero attached hydrogens (tertiary/aromatic N) is 2. The van der Waals surface area contributed by atoms with Crippen LogP contribution in [0.15, 0.2) is 21.2 Å². The fraction of sp³-hybridized carbons (Fsp3) is 0.364. The predicted molar refractivity (Wildman–Crippen MR) is 65.1 cm³/mol. The monoisotopic (exact) mass is 283 g/mol. The van der Waals surface area contributed by atoms with Gasteiger partial charge in [-0.25, -0.2) is 0 Å². The van der Waals surface area contributed by atoms with Gasteiger partial charge in [-0.1, -0.05) is 0 Å². The highest BCUT2D eigenvalue weighted by molar-refractivity contribution is 9.10. The number of aromatic nitrogens is 2. The molecule has 2 aromatic heterocycles. The van der Waals surface area contributed by atoms with Gasteiger partial charge in [-0.05, 0) is 35.8 Å². The van der Waals surface area contributed by atoms with Gasteiger partial charge in [-0.3, -0.25) is 4.68 Å². The van der Waals surface area contributed by atoms with Crippen LogP contribution in [0.4, 0.5) is 0 Å². The number of halogens is 1. The Balaban J connectivity index is 2.23. The summed E-state index contributed by atoms with van der Waals surface area (Å²) in [5.74, 6) is 0.874. The van der Waals surface area contributed by atoms with Gasteiger partial charge in [-0.15, -0.1) is 0 Å². The lowest BCUT2D eigenvalue weighted by Crippen LogP contribution is -2.03. The molecule has 0 atom stereocenters. The lowest BCUT2D eigenvalue weighted by molar-refractivity contribution is 0.474. The van der Waals surface area contributed by atoms with Crippen molar-refractivity contribution < 1.29 is 4.42 Å². The van der Waals surface area contributed by atoms with Crippen molar-refractivity contribution in [2.75, 3.05) is 0 Å². The Morgan fingerprint density at radius 1 is 1.50 bits per heavy atom. The van der Waals surface area contributed by atoms with E-state index in [1.165, 1.54) is 0 Å². The molecule has 4 nitrogen and oxygen atoms in total. The quantitative estimate of drug-likeness (QED) is 0.941. The van der Waals surface area contributed by atoms with E-state index < -0.39 is 0 Å². The van der Waals surface area contributed by atoms with Crippen molar-refractivity contribution in [3.8, 4) is 0 Å². The van der Waals surface area contributed by atoms with E-state index in [0.29, 0.717) is 13.1 Å². The molecule has 0 fully saturated rings. The Morgan fingerprint density at radius 2 is 2.25 bits per heavy atom. The Bertz CT molecular complexity index is 501. The number of nitrogens with two attached hydrogens (primary N) is 1. The first-order chi connectivity index (χ1) is 7.61. The van der Waals surface area contributed by atoms with E-state index in [2.05, 4.69) is 21.0 Å². The maximum Gasteiger partial charge on any atom is 0.125 e. The first-order valence-corrected chi connectivity index (χ1v) is 5.87. The van der Waals surface area contributed by atoms with Crippen LogP contribution in [-0.2, 0) is 13.1 Å². The molecule has 0 radical (unpaired) electrons. The van der Waals surface area contributed by atoms with E-state index in [1.807, 2.05) is 24.6 Å². The van der Waals surface area contributed by atoms with Crippen LogP contribution in [0.5, 0.6) is 0 Å². The van der Waals surface area contributed by atoms with Gasteiger partial charge in [0.1, 0.15) is 5.76 Å². The molecule has 2 aromatic rings. The van der Waals surface area contributed by atoms with Crippen LogP contribution in [0, 0.1) is 13.8 Å². The third-order valence-corrected chi connectivity index (χ3v) is 3.69. The topological polar surface area (TPSA) is 57.0 Å². The van der Waals surface area contributed by atoms with Gasteiger partial charge in [0.05, 0.1) is 28.7 Å². The summed E-state index contributed by atoms with van der Waals surface area (Å²) >= 11 is 3.50. The van der Waals surface area contributed by atoms with Gasteiger partial charge in [0.15, 0.2) is 0 Å². The molecule has 0 aliphatic heterocycles. The zero-order valence-corrected chi connectivity index (χ0v) is 10.9. The van der Waals surface area contributed by atoms with Gasteiger partial charge in [0, 0.05) is 12.1 Å². The van der Waals surface area contributed by atoms with Gasteiger partial charge in [0.2, 0.25) is 0 Å². The number of hydrogen-bond acceptors (Lipinski definition) is 3. The Hall–Kier alpha value is -1.07. The van der Waals surface area contributed by atoms with Crippen LogP contribution in [0.1, 0.15) is 22.7 Å². The third-order valence-electron chi connectivity index (χ3n) is 2.54. The minimum Gasteiger partial charge on any atom is -0.467 e. The van der Waals surface area contributed by atoms with Gasteiger partial charge >= 0.3 is 0 Å². The standard InChI is InChI=1S/C11H14BrN3O/c1-7-11(12)8(2)15(14-7)5-10-3-9(4-13)6-16-10/h3,6H,4-5,13H2,1-2H3. The summed E-state index contributed by atoms with van der Waals surface area (Å²) in [6.07, 6.45) is 1.69. The molecular formula is C11H14BrN3O. The van der Waals surface area contributed by atoms with Crippen LogP contribution >= 0.6 is 15.9 Å². The molecule has 2 N–H and O–H groups in total. The van der Waals surface area contributed by atoms with E-state index >= 15 is 0 Å². The highest BCUT2D eigenvalue weighted by Crippen LogP contribution is 2.21. The summed E-state index contributed by atoms with van der Waals surface area (Å²) in [6.45, 7) is 5.14. The summed E-state index contributed by atoms with van der Waals surface area (Å²) in [5.41, 5.74) is 8.62. The zero-order valence-electron chi connectivity index (χ0n) is 9.33. The molecule has 0 saturated carbocycles. The van der Waals surface area contributed by atoms with Gasteiger partial charge < -0.3 is 10.2 Å². The second-order valence-electron chi connectivity index (χ2n) is 3.77. The van der Waals surface area contributed by atoms with Crippen molar-refractivity contribution >= 4 is 15.9 Å². The number of aryl methyl sites for hydroxylation is 1. The summed E-state index contributed by atoms with van der Waals surface area (Å²) in [7, 11) is 0. The lowest BCUT2D eigenvalue weighted by atomic mass is 10.3. The molecule has 0 spiro atoms. The van der Waals surface area contributed by atoms with Gasteiger partial charge in [0.25, 0.3) is 0 Å². The predicted octanol–water partition coefficient (Wildman–Crippen LogP) is 2.36. The van der Waals surface area contributed by atoms with Crippen LogP contribution in [-0.4, -0.2) is 9.78 Å². The van der Waals surface area contributed by atoms with E-state index in [1.54, 1.807) is 6.26 Å². The average Bonchev–Trinajstić information content (AvgIpc) is 2.81. The van der Waals surface area contributed by atoms with Crippen LogP contribution in [0.3, 0.4) is 0 Å². The number of hydrogen-bond donors (Lipinski definition) is 1. The smallest absolute Gasteiger partial charge is 0.125 e. The molecule has 0 bridgehead atoms. The molecule has 86 valence electrons. The summed E-state index contributed by atoms with van der Waals surface area (Å²) < 4.78 is 8.38. The molecule has 2 rings (SSSR count). The first kappa shape index (κ1) is 11.4. The molecule has 0 unspecified atom stereocenters. The first-order valence-electron chi connectivity index (χ1n) is 5.07. The molecular weight excluding hydrogens is 270 g/mol. The minimum absolute atomic E-state index is 0.504. The fourth-order valence-electron chi connectivity index (χ4n) is 1.59. The summed E-state index contributed by atoms with van der Waals surface area (Å²) in [6, 6.07) is 1.96. The van der Waals surface area contributed by atoms with Crippen molar-refractivity contribution in [2.24, 2.45) is 5.73 Å². The summed E-state index contributed by atoms with van der Waals surface area (Å²) in [5, 5.41) is 4.42. The van der Waals surface area contributed by atoms with Crippen molar-refractivity contribution in [1.29, 1.82) is 0 Å². The third kappa shape index (κ3) is 2.05. The second kappa shape index (κ2) is 4.43. The van der Waals surface area contributed by atoms with Crippen molar-refractivity contribution in [3.63, 3.8) is 0 Å². The molecule has 0 aliphatic carbocycles. The van der Waals surface area contributed by atoms with Crippen LogP contribution in [0.25, 0.3) is 0 Å². The minimum atomic E-state index is 0.504. The maximum atomic E-state index is 5.52. The van der Waals surface area contributed by atoms with Crippen molar-refractivity contribution in [3.05, 3.63) is 39.5 Å². The fourth-order valence-corrected chi connectivity index (χ4v) is 1.88. The number of rotatable bonds is 3. The molecule has 16 heavy (non-hydrogen) atoms. The maximum absolute atomic E-state index is 5.52. The zero-order chi connectivity index (χ0) is 11.7. The molecule has 5 heteroatoms. The molecule has 0 saturated heterocycles. The Kier molecular flexibility index (Phi) is 3.16. The van der Waals surface area contributed by atoms with Gasteiger partial charge in [-0.2, -0.15) is 5.10 Å². The normalized spacial score (nSPS) is 11.0. The molecule has 0 aromatic carbocycles. The Labute approximate surface area is 103 Å². The summed E-state index contributed by atoms with van der Waals surface area (Å²) in [4.78, 5) is 0. The van der Waals surface area contributed by atoms with Crippen molar-refractivity contribution in [2.45, 2.75) is 26.9 Å². The highest BCUT2D eigenvalue weighted by Gasteiger charge is 2.10. The SMILES string of the molecule is Cc1nn(Cc2cc(CN)co2)c(C)c1Br. The van der Waals surface area contributed by atoms with Crippen molar-refractivity contribution in [1.82, 2.24) is 9.78 Å². The van der Waals surface area contributed by atoms with E-state index in [-0.39, 0.29) is 0 Å². The Morgan fingerprint density at radius 3 is 2.75 bits per heavy atom. The van der Waals surface area contributed by atoms with Crippen LogP contribution in [0.2, 0.25) is 0 Å². The number of furan rings is 1. The van der Waals surface area contributed by atoms with Crippen LogP contribution < -0.4 is 5.73 Å². The largest absolute Gasteiger partial charge is 0.467 e. The van der Waals surface area contributed by atoms with E-state index in [4.69, 9.17) is 10.2 Å². The average molecular weight is 284 g/mol. The lowest BCUT2D eigenvalue weighted by Gasteiger charge is -2.00.